The molecule has 4 nitrogen and oxygen atoms in total. The van der Waals surface area contributed by atoms with E-state index in [1.54, 1.807) is 0 Å². The van der Waals surface area contributed by atoms with Crippen molar-refractivity contribution in [2.24, 2.45) is 0 Å². The molecule has 2 fully saturated rings. The fourth-order valence-electron chi connectivity index (χ4n) is 3.68. The predicted molar refractivity (Wildman–Crippen MR) is 93.6 cm³/mol. The second kappa shape index (κ2) is 7.08. The first-order chi connectivity index (χ1) is 11.5. The van der Waals surface area contributed by atoms with E-state index in [1.165, 1.54) is 22.8 Å². The molecule has 0 radical (unpaired) electrons. The summed E-state index contributed by atoms with van der Waals surface area (Å²) in [5.41, 5.74) is 3.64. The monoisotopic (exact) mass is 329 g/mol. The van der Waals surface area contributed by atoms with Crippen LogP contribution in [0.1, 0.15) is 42.4 Å². The van der Waals surface area contributed by atoms with Gasteiger partial charge in [-0.25, -0.2) is 0 Å². The molecule has 130 valence electrons. The normalized spacial score (nSPS) is 22.0. The van der Waals surface area contributed by atoms with Crippen LogP contribution in [0.2, 0.25) is 0 Å². The number of hydrogen-bond acceptors (Lipinski definition) is 3. The van der Waals surface area contributed by atoms with Gasteiger partial charge in [0.2, 0.25) is 5.91 Å². The summed E-state index contributed by atoms with van der Waals surface area (Å²) in [5, 5.41) is 0. The summed E-state index contributed by atoms with van der Waals surface area (Å²) in [7, 11) is 0. The Bertz CT molecular complexity index is 619. The Kier molecular flexibility index (Phi) is 5.07. The quantitative estimate of drug-likeness (QED) is 0.776. The zero-order valence-corrected chi connectivity index (χ0v) is 14.7. The average molecular weight is 329 g/mol. The predicted octanol–water partition coefficient (Wildman–Crippen LogP) is 3.50. The molecule has 1 spiro atoms. The van der Waals surface area contributed by atoms with E-state index in [0.29, 0.717) is 19.7 Å². The molecule has 1 atom stereocenters. The molecule has 0 bridgehead atoms. The minimum Gasteiger partial charge on any atom is -0.347 e. The molecule has 1 heterocycles. The minimum absolute atomic E-state index is 0.0582. The van der Waals surface area contributed by atoms with Crippen LogP contribution in [0.15, 0.2) is 30.9 Å². The molecule has 1 saturated carbocycles. The van der Waals surface area contributed by atoms with Gasteiger partial charge in [-0.3, -0.25) is 4.79 Å². The smallest absolute Gasteiger partial charge is 0.246 e. The van der Waals surface area contributed by atoms with Gasteiger partial charge in [-0.15, -0.1) is 0 Å². The lowest BCUT2D eigenvalue weighted by Gasteiger charge is -2.27. The molecule has 24 heavy (non-hydrogen) atoms. The van der Waals surface area contributed by atoms with Crippen LogP contribution in [0.4, 0.5) is 0 Å². The lowest BCUT2D eigenvalue weighted by Crippen LogP contribution is -2.38. The van der Waals surface area contributed by atoms with Crippen molar-refractivity contribution in [1.29, 1.82) is 0 Å². The third-order valence-corrected chi connectivity index (χ3v) is 5.27. The first-order valence-electron chi connectivity index (χ1n) is 8.81. The van der Waals surface area contributed by atoms with Crippen LogP contribution in [0.25, 0.3) is 0 Å². The van der Waals surface area contributed by atoms with Crippen LogP contribution >= 0.6 is 0 Å². The fraction of sp³-hybridized carbons (Fsp3) is 0.550. The number of nitrogens with zero attached hydrogens (tertiary/aromatic N) is 1. The van der Waals surface area contributed by atoms with Gasteiger partial charge in [0.25, 0.3) is 0 Å². The average Bonchev–Trinajstić information content (AvgIpc) is 3.20. The third kappa shape index (κ3) is 3.55. The Morgan fingerprint density at radius 2 is 2.12 bits per heavy atom. The van der Waals surface area contributed by atoms with E-state index >= 15 is 0 Å². The highest BCUT2D eigenvalue weighted by Crippen LogP contribution is 2.39. The first kappa shape index (κ1) is 17.2. The maximum atomic E-state index is 12.3. The van der Waals surface area contributed by atoms with Crippen molar-refractivity contribution < 1.29 is 14.3 Å². The molecule has 1 amide bonds. The first-order valence-corrected chi connectivity index (χ1v) is 8.81. The standard InChI is InChI=1S/C20H27NO3/c1-4-19(22)21(12-17-9-7-8-15(2)16(17)3)13-18-14-23-20(24-18)10-5-6-11-20/h4,7-9,18H,1,5-6,10-14H2,2-3H3. The molecular weight excluding hydrogens is 302 g/mol. The van der Waals surface area contributed by atoms with Crippen LogP contribution in [0.5, 0.6) is 0 Å². The molecule has 1 unspecified atom stereocenters. The van der Waals surface area contributed by atoms with E-state index in [-0.39, 0.29) is 17.8 Å². The van der Waals surface area contributed by atoms with Gasteiger partial charge >= 0.3 is 0 Å². The minimum atomic E-state index is -0.382. The number of amides is 1. The lowest BCUT2D eigenvalue weighted by molar-refractivity contribution is -0.164. The highest BCUT2D eigenvalue weighted by Gasteiger charge is 2.44. The van der Waals surface area contributed by atoms with E-state index in [0.717, 1.165) is 25.7 Å². The lowest BCUT2D eigenvalue weighted by atomic mass is 10.0. The van der Waals surface area contributed by atoms with Gasteiger partial charge in [-0.1, -0.05) is 24.8 Å². The summed E-state index contributed by atoms with van der Waals surface area (Å²) >= 11 is 0. The van der Waals surface area contributed by atoms with Gasteiger partial charge in [-0.05, 0) is 49.5 Å². The maximum absolute atomic E-state index is 12.3. The SMILES string of the molecule is C=CC(=O)N(Cc1cccc(C)c1C)CC1COC2(CCCC2)O1. The van der Waals surface area contributed by atoms with Gasteiger partial charge in [0, 0.05) is 25.9 Å². The van der Waals surface area contributed by atoms with Crippen LogP contribution in [-0.4, -0.2) is 35.8 Å². The van der Waals surface area contributed by atoms with Crippen molar-refractivity contribution in [3.8, 4) is 0 Å². The number of hydrogen-bond donors (Lipinski definition) is 0. The van der Waals surface area contributed by atoms with Crippen molar-refractivity contribution >= 4 is 5.91 Å². The Balaban J connectivity index is 1.69. The van der Waals surface area contributed by atoms with E-state index in [9.17, 15) is 4.79 Å². The molecule has 4 heteroatoms. The van der Waals surface area contributed by atoms with Gasteiger partial charge in [0.1, 0.15) is 6.10 Å². The molecule has 1 aromatic carbocycles. The van der Waals surface area contributed by atoms with Gasteiger partial charge < -0.3 is 14.4 Å². The van der Waals surface area contributed by atoms with Crippen LogP contribution < -0.4 is 0 Å². The van der Waals surface area contributed by atoms with Gasteiger partial charge in [-0.2, -0.15) is 0 Å². The number of rotatable bonds is 5. The van der Waals surface area contributed by atoms with Crippen molar-refractivity contribution in [2.75, 3.05) is 13.2 Å². The third-order valence-electron chi connectivity index (χ3n) is 5.27. The molecule has 1 aliphatic carbocycles. The van der Waals surface area contributed by atoms with Crippen LogP contribution in [0, 0.1) is 13.8 Å². The molecule has 3 rings (SSSR count). The number of carbonyl (C=O) groups is 1. The van der Waals surface area contributed by atoms with E-state index in [2.05, 4.69) is 32.6 Å². The van der Waals surface area contributed by atoms with E-state index < -0.39 is 0 Å². The number of aryl methyl sites for hydroxylation is 1. The summed E-state index contributed by atoms with van der Waals surface area (Å²) < 4.78 is 12.1. The Hall–Kier alpha value is -1.65. The largest absolute Gasteiger partial charge is 0.347 e. The second-order valence-electron chi connectivity index (χ2n) is 6.95. The summed E-state index contributed by atoms with van der Waals surface area (Å²) in [6.45, 7) is 9.52. The van der Waals surface area contributed by atoms with Crippen molar-refractivity contribution in [3.63, 3.8) is 0 Å². The summed E-state index contributed by atoms with van der Waals surface area (Å²) in [5.74, 6) is -0.445. The van der Waals surface area contributed by atoms with Gasteiger partial charge in [0.05, 0.1) is 6.61 Å². The molecule has 0 aromatic heterocycles. The summed E-state index contributed by atoms with van der Waals surface area (Å²) in [6, 6.07) is 6.21. The zero-order chi connectivity index (χ0) is 17.2. The Morgan fingerprint density at radius 3 is 2.83 bits per heavy atom. The highest BCUT2D eigenvalue weighted by atomic mass is 16.7. The van der Waals surface area contributed by atoms with E-state index in [4.69, 9.17) is 9.47 Å². The molecular formula is C20H27NO3. The van der Waals surface area contributed by atoms with Gasteiger partial charge in [0.15, 0.2) is 5.79 Å². The highest BCUT2D eigenvalue weighted by molar-refractivity contribution is 5.87. The molecule has 1 aromatic rings. The summed E-state index contributed by atoms with van der Waals surface area (Å²) in [4.78, 5) is 14.1. The van der Waals surface area contributed by atoms with E-state index in [1.807, 2.05) is 11.0 Å². The van der Waals surface area contributed by atoms with Crippen molar-refractivity contribution in [3.05, 3.63) is 47.5 Å². The molecule has 2 aliphatic rings. The number of carbonyl (C=O) groups excluding carboxylic acids is 1. The number of benzene rings is 1. The molecule has 1 saturated heterocycles. The zero-order valence-electron chi connectivity index (χ0n) is 14.7. The second-order valence-corrected chi connectivity index (χ2v) is 6.95. The van der Waals surface area contributed by atoms with Crippen LogP contribution in [0.3, 0.4) is 0 Å². The number of ether oxygens (including phenoxy) is 2. The fourth-order valence-corrected chi connectivity index (χ4v) is 3.68. The van der Waals surface area contributed by atoms with Crippen molar-refractivity contribution in [1.82, 2.24) is 4.90 Å². The Labute approximate surface area is 144 Å². The van der Waals surface area contributed by atoms with Crippen LogP contribution in [-0.2, 0) is 20.8 Å². The van der Waals surface area contributed by atoms with Crippen molar-refractivity contribution in [2.45, 2.75) is 58.0 Å². The topological polar surface area (TPSA) is 38.8 Å². The molecule has 0 N–H and O–H groups in total. The Morgan fingerprint density at radius 1 is 1.38 bits per heavy atom. The maximum Gasteiger partial charge on any atom is 0.246 e. The summed E-state index contributed by atoms with van der Waals surface area (Å²) in [6.07, 6.45) is 5.57. The molecule has 1 aliphatic heterocycles.